The number of rotatable bonds is 4. The van der Waals surface area contributed by atoms with E-state index in [1.54, 1.807) is 0 Å². The van der Waals surface area contributed by atoms with E-state index >= 15 is 0 Å². The zero-order valence-corrected chi connectivity index (χ0v) is 5.51. The Morgan fingerprint density at radius 2 is 2.22 bits per heavy atom. The fourth-order valence-corrected chi connectivity index (χ4v) is 0.516. The molecule has 0 aromatic carbocycles. The fourth-order valence-electron chi connectivity index (χ4n) is 0.516. The molecule has 0 heterocycles. The average Bonchev–Trinajstić information content (AvgIpc) is 1.89. The van der Waals surface area contributed by atoms with Gasteiger partial charge in [0.15, 0.2) is 0 Å². The third-order valence-corrected chi connectivity index (χ3v) is 0.971. The summed E-state index contributed by atoms with van der Waals surface area (Å²) < 4.78 is 0. The van der Waals surface area contributed by atoms with Crippen molar-refractivity contribution in [1.82, 2.24) is 0 Å². The number of allylic oxidation sites excluding steroid dienone is 3. The molecular formula is C8H11N. The highest BCUT2D eigenvalue weighted by molar-refractivity contribution is 5.01. The van der Waals surface area contributed by atoms with E-state index in [0.29, 0.717) is 0 Å². The summed E-state index contributed by atoms with van der Waals surface area (Å²) >= 11 is 0. The van der Waals surface area contributed by atoms with Gasteiger partial charge in [-0.25, -0.2) is 0 Å². The molecule has 1 heteroatoms. The summed E-state index contributed by atoms with van der Waals surface area (Å²) in [7, 11) is 0. The Hall–Kier alpha value is -1.03. The van der Waals surface area contributed by atoms with Crippen LogP contribution in [0.2, 0.25) is 0 Å². The molecule has 0 aromatic rings. The molecule has 1 nitrogen and oxygen atoms in total. The van der Waals surface area contributed by atoms with Crippen LogP contribution in [-0.2, 0) is 0 Å². The van der Waals surface area contributed by atoms with E-state index < -0.39 is 0 Å². The van der Waals surface area contributed by atoms with Gasteiger partial charge < -0.3 is 0 Å². The van der Waals surface area contributed by atoms with Gasteiger partial charge in [-0.15, -0.1) is 6.58 Å². The molecule has 0 fully saturated rings. The van der Waals surface area contributed by atoms with Gasteiger partial charge in [0.25, 0.3) is 0 Å². The summed E-state index contributed by atoms with van der Waals surface area (Å²) in [5.74, 6) is 0. The lowest BCUT2D eigenvalue weighted by Crippen LogP contribution is -1.66. The molecule has 0 radical (unpaired) electrons. The Bertz CT molecular complexity index is 128. The van der Waals surface area contributed by atoms with Gasteiger partial charge in [-0.3, -0.25) is 0 Å². The molecule has 0 rings (SSSR count). The minimum absolute atomic E-state index is 0.986. The number of nitrogens with zero attached hydrogens (tertiary/aromatic N) is 1. The quantitative estimate of drug-likeness (QED) is 0.318. The van der Waals surface area contributed by atoms with Crippen molar-refractivity contribution in [1.29, 1.82) is 5.26 Å². The largest absolute Gasteiger partial charge is 0.193 e. The first-order chi connectivity index (χ1) is 4.41. The lowest BCUT2D eigenvalue weighted by atomic mass is 10.2. The van der Waals surface area contributed by atoms with Gasteiger partial charge in [-0.2, -0.15) is 5.26 Å². The Morgan fingerprint density at radius 1 is 1.44 bits per heavy atom. The van der Waals surface area contributed by atoms with Crippen LogP contribution in [0, 0.1) is 11.3 Å². The van der Waals surface area contributed by atoms with E-state index in [1.165, 1.54) is 6.08 Å². The minimum atomic E-state index is 0.986. The SMILES string of the molecule is C=CCCCC=CC#N. The summed E-state index contributed by atoms with van der Waals surface area (Å²) in [6, 6.07) is 1.94. The van der Waals surface area contributed by atoms with Crippen LogP contribution in [0.4, 0.5) is 0 Å². The summed E-state index contributed by atoms with van der Waals surface area (Å²) in [5.41, 5.74) is 0. The van der Waals surface area contributed by atoms with Gasteiger partial charge in [-0.05, 0) is 19.3 Å². The highest BCUT2D eigenvalue weighted by Crippen LogP contribution is 1.95. The minimum Gasteiger partial charge on any atom is -0.193 e. The second kappa shape index (κ2) is 6.97. The van der Waals surface area contributed by atoms with Crippen LogP contribution >= 0.6 is 0 Å². The molecule has 0 aromatic heterocycles. The van der Waals surface area contributed by atoms with Crippen LogP contribution in [0.3, 0.4) is 0 Å². The first-order valence-corrected chi connectivity index (χ1v) is 3.07. The molecule has 0 aliphatic heterocycles. The highest BCUT2D eigenvalue weighted by Gasteiger charge is 1.76. The normalized spacial score (nSPS) is 9.22. The van der Waals surface area contributed by atoms with Gasteiger partial charge in [-0.1, -0.05) is 12.2 Å². The first kappa shape index (κ1) is 7.97. The molecule has 0 N–H and O–H groups in total. The third kappa shape index (κ3) is 6.97. The molecule has 0 bridgehead atoms. The maximum atomic E-state index is 8.07. The molecule has 0 spiro atoms. The van der Waals surface area contributed by atoms with Crippen molar-refractivity contribution in [2.24, 2.45) is 0 Å². The van der Waals surface area contributed by atoms with Crippen molar-refractivity contribution < 1.29 is 0 Å². The smallest absolute Gasteiger partial charge is 0.0908 e. The highest BCUT2D eigenvalue weighted by atomic mass is 14.2. The van der Waals surface area contributed by atoms with Crippen LogP contribution in [0.25, 0.3) is 0 Å². The third-order valence-electron chi connectivity index (χ3n) is 0.971. The number of hydrogen-bond acceptors (Lipinski definition) is 1. The van der Waals surface area contributed by atoms with E-state index in [-0.39, 0.29) is 0 Å². The van der Waals surface area contributed by atoms with Crippen LogP contribution in [0.5, 0.6) is 0 Å². The predicted octanol–water partition coefficient (Wildman–Crippen LogP) is 2.42. The van der Waals surface area contributed by atoms with E-state index in [1.807, 2.05) is 18.2 Å². The summed E-state index contributed by atoms with van der Waals surface area (Å²) in [4.78, 5) is 0. The van der Waals surface area contributed by atoms with Crippen molar-refractivity contribution in [2.45, 2.75) is 19.3 Å². The maximum Gasteiger partial charge on any atom is 0.0908 e. The molecule has 0 unspecified atom stereocenters. The molecule has 48 valence electrons. The topological polar surface area (TPSA) is 23.8 Å². The monoisotopic (exact) mass is 121 g/mol. The van der Waals surface area contributed by atoms with Crippen LogP contribution in [0.1, 0.15) is 19.3 Å². The molecule has 0 saturated carbocycles. The summed E-state index contributed by atoms with van der Waals surface area (Å²) in [6.45, 7) is 3.59. The van der Waals surface area contributed by atoms with Crippen molar-refractivity contribution in [3.63, 3.8) is 0 Å². The number of hydrogen-bond donors (Lipinski definition) is 0. The van der Waals surface area contributed by atoms with E-state index in [9.17, 15) is 0 Å². The zero-order chi connectivity index (χ0) is 6.95. The Labute approximate surface area is 56.3 Å². The van der Waals surface area contributed by atoms with Crippen molar-refractivity contribution in [3.8, 4) is 6.07 Å². The summed E-state index contributed by atoms with van der Waals surface area (Å²) in [6.07, 6.45) is 8.41. The van der Waals surface area contributed by atoms with Gasteiger partial charge in [0, 0.05) is 6.08 Å². The van der Waals surface area contributed by atoms with E-state index in [2.05, 4.69) is 6.58 Å². The van der Waals surface area contributed by atoms with Gasteiger partial charge >= 0.3 is 0 Å². The maximum absolute atomic E-state index is 8.07. The van der Waals surface area contributed by atoms with Gasteiger partial charge in [0.05, 0.1) is 6.07 Å². The molecule has 0 atom stereocenters. The second-order valence-electron chi connectivity index (χ2n) is 1.75. The van der Waals surface area contributed by atoms with E-state index in [4.69, 9.17) is 5.26 Å². The molecule has 0 amide bonds. The fraction of sp³-hybridized carbons (Fsp3) is 0.375. The molecule has 9 heavy (non-hydrogen) atoms. The molecule has 0 saturated heterocycles. The van der Waals surface area contributed by atoms with Gasteiger partial charge in [0.2, 0.25) is 0 Å². The predicted molar refractivity (Wildman–Crippen MR) is 38.8 cm³/mol. The van der Waals surface area contributed by atoms with Gasteiger partial charge in [0.1, 0.15) is 0 Å². The van der Waals surface area contributed by atoms with Crippen molar-refractivity contribution in [3.05, 3.63) is 24.8 Å². The molecular weight excluding hydrogens is 110 g/mol. The zero-order valence-electron chi connectivity index (χ0n) is 5.51. The Morgan fingerprint density at radius 3 is 2.78 bits per heavy atom. The van der Waals surface area contributed by atoms with Crippen molar-refractivity contribution in [2.75, 3.05) is 0 Å². The van der Waals surface area contributed by atoms with Crippen LogP contribution in [0.15, 0.2) is 24.8 Å². The number of nitriles is 1. The number of unbranched alkanes of at least 4 members (excludes halogenated alkanes) is 2. The Balaban J connectivity index is 3.01. The lowest BCUT2D eigenvalue weighted by Gasteiger charge is -1.85. The van der Waals surface area contributed by atoms with Crippen molar-refractivity contribution >= 4 is 0 Å². The lowest BCUT2D eigenvalue weighted by molar-refractivity contribution is 0.870. The van der Waals surface area contributed by atoms with Crippen LogP contribution in [-0.4, -0.2) is 0 Å². The first-order valence-electron chi connectivity index (χ1n) is 3.07. The average molecular weight is 121 g/mol. The van der Waals surface area contributed by atoms with Crippen LogP contribution < -0.4 is 0 Å². The molecule has 0 aliphatic carbocycles. The van der Waals surface area contributed by atoms with E-state index in [0.717, 1.165) is 19.3 Å². The molecule has 0 aliphatic rings. The summed E-state index contributed by atoms with van der Waals surface area (Å²) in [5, 5.41) is 8.07. The standard InChI is InChI=1S/C8H11N/c1-2-3-4-5-6-7-8-9/h2,6-7H,1,3-5H2. The Kier molecular flexibility index (Phi) is 6.17. The second-order valence-corrected chi connectivity index (χ2v) is 1.75.